The number of piperazine rings is 1. The van der Waals surface area contributed by atoms with E-state index in [-0.39, 0.29) is 5.91 Å². The molecule has 1 aromatic carbocycles. The Labute approximate surface area is 233 Å². The highest BCUT2D eigenvalue weighted by molar-refractivity contribution is 5.94. The molecule has 4 N–H and O–H groups in total. The summed E-state index contributed by atoms with van der Waals surface area (Å²) in [7, 11) is 2.14. The van der Waals surface area contributed by atoms with E-state index < -0.39 is 23.9 Å². The number of carboxylic acids is 4. The van der Waals surface area contributed by atoms with E-state index in [1.165, 1.54) is 31.2 Å². The first-order valence-corrected chi connectivity index (χ1v) is 13.0. The van der Waals surface area contributed by atoms with Crippen LogP contribution in [0.5, 0.6) is 0 Å². The van der Waals surface area contributed by atoms with Crippen molar-refractivity contribution in [1.29, 1.82) is 0 Å². The van der Waals surface area contributed by atoms with Crippen LogP contribution in [0.4, 0.5) is 5.69 Å². The number of carbonyl (C=O) groups is 5. The molecule has 0 aromatic heterocycles. The molecule has 12 heteroatoms. The van der Waals surface area contributed by atoms with Gasteiger partial charge < -0.3 is 30.2 Å². The van der Waals surface area contributed by atoms with E-state index in [9.17, 15) is 24.0 Å². The maximum Gasteiger partial charge on any atom is 0.328 e. The van der Waals surface area contributed by atoms with Crippen LogP contribution in [0.25, 0.3) is 0 Å². The predicted molar refractivity (Wildman–Crippen MR) is 148 cm³/mol. The van der Waals surface area contributed by atoms with E-state index in [0.717, 1.165) is 44.3 Å². The fourth-order valence-corrected chi connectivity index (χ4v) is 4.26. The molecule has 1 heterocycles. The number of hydrogen-bond donors (Lipinski definition) is 4. The molecule has 0 radical (unpaired) electrons. The number of anilines is 1. The van der Waals surface area contributed by atoms with Crippen molar-refractivity contribution in [2.24, 2.45) is 0 Å². The van der Waals surface area contributed by atoms with Crippen molar-refractivity contribution in [2.75, 3.05) is 51.2 Å². The summed E-state index contributed by atoms with van der Waals surface area (Å²) in [5.41, 5.74) is 2.48. The average molecular weight is 562 g/mol. The van der Waals surface area contributed by atoms with Crippen molar-refractivity contribution in [3.8, 4) is 0 Å². The summed E-state index contributed by atoms with van der Waals surface area (Å²) in [5, 5.41) is 31.2. The minimum atomic E-state index is -1.26. The summed E-state index contributed by atoms with van der Waals surface area (Å²) in [4.78, 5) is 57.5. The zero-order valence-corrected chi connectivity index (χ0v) is 22.9. The number of rotatable bonds is 9. The van der Waals surface area contributed by atoms with Gasteiger partial charge in [-0.3, -0.25) is 9.69 Å². The zero-order valence-electron chi connectivity index (χ0n) is 22.9. The molecule has 12 nitrogen and oxygen atoms in total. The lowest BCUT2D eigenvalue weighted by Gasteiger charge is -2.33. The van der Waals surface area contributed by atoms with Crippen molar-refractivity contribution in [3.63, 3.8) is 0 Å². The van der Waals surface area contributed by atoms with Crippen LogP contribution in [0, 0.1) is 0 Å². The number of aliphatic carboxylic acids is 4. The summed E-state index contributed by atoms with van der Waals surface area (Å²) in [6, 6.07) is 8.74. The molecule has 40 heavy (non-hydrogen) atoms. The molecule has 0 unspecified atom stereocenters. The molecule has 0 atom stereocenters. The van der Waals surface area contributed by atoms with Crippen LogP contribution < -0.4 is 4.90 Å². The third-order valence-corrected chi connectivity index (χ3v) is 6.34. The fourth-order valence-electron chi connectivity index (χ4n) is 4.26. The van der Waals surface area contributed by atoms with E-state index in [2.05, 4.69) is 48.0 Å². The van der Waals surface area contributed by atoms with Gasteiger partial charge in [-0.05, 0) is 50.4 Å². The lowest BCUT2D eigenvalue weighted by atomic mass is 9.97. The molecule has 2 fully saturated rings. The Kier molecular flexibility index (Phi) is 15.5. The van der Waals surface area contributed by atoms with Crippen LogP contribution >= 0.6 is 0 Å². The van der Waals surface area contributed by atoms with Gasteiger partial charge in [0.05, 0.1) is 6.54 Å². The largest absolute Gasteiger partial charge is 0.478 e. The molecular weight excluding hydrogens is 522 g/mol. The van der Waals surface area contributed by atoms with Gasteiger partial charge in [0.2, 0.25) is 5.91 Å². The summed E-state index contributed by atoms with van der Waals surface area (Å²) in [6.45, 7) is 7.40. The number of likely N-dealkylation sites (N-methyl/N-ethyl adjacent to an activating group) is 2. The maximum atomic E-state index is 12.7. The lowest BCUT2D eigenvalue weighted by Crippen LogP contribution is -2.49. The second kappa shape index (κ2) is 18.3. The SMILES string of the molecule is CCN(C(=O)CN1CCN(C)CC1)c1ccc(C2CCCC2)cc1.O=C(O)/C=C/C(=O)O.O=C(O)/C=C/C(=O)O. The molecule has 0 spiro atoms. The Bertz CT molecular complexity index is 974. The maximum absolute atomic E-state index is 12.7. The van der Waals surface area contributed by atoms with Crippen LogP contribution in [0.1, 0.15) is 44.1 Å². The van der Waals surface area contributed by atoms with E-state index in [1.807, 2.05) is 4.90 Å². The number of benzene rings is 1. The highest BCUT2D eigenvalue weighted by Gasteiger charge is 2.21. The second-order valence-electron chi connectivity index (χ2n) is 9.31. The van der Waals surface area contributed by atoms with Crippen molar-refractivity contribution < 1.29 is 44.4 Å². The molecule has 1 aromatic rings. The Morgan fingerprint density at radius 2 is 1.20 bits per heavy atom. The standard InChI is InChI=1S/C20H31N3O.2C4H4O4/c1-3-23(20(24)16-22-14-12-21(2)13-15-22)19-10-8-18(9-11-19)17-6-4-5-7-17;2*5-3(6)1-2-4(7)8/h8-11,17H,3-7,12-16H2,1-2H3;2*1-2H,(H,5,6)(H,7,8)/b;2*2-1+. The molecule has 1 amide bonds. The molecule has 1 saturated carbocycles. The Morgan fingerprint density at radius 1 is 0.775 bits per heavy atom. The topological polar surface area (TPSA) is 176 Å². The number of carbonyl (C=O) groups excluding carboxylic acids is 1. The predicted octanol–water partition coefficient (Wildman–Crippen LogP) is 2.37. The van der Waals surface area contributed by atoms with Gasteiger partial charge in [-0.1, -0.05) is 25.0 Å². The normalized spacial score (nSPS) is 16.1. The van der Waals surface area contributed by atoms with Gasteiger partial charge in [0, 0.05) is 62.7 Å². The summed E-state index contributed by atoms with van der Waals surface area (Å²) < 4.78 is 0. The first-order valence-electron chi connectivity index (χ1n) is 13.0. The zero-order chi connectivity index (χ0) is 30.1. The summed E-state index contributed by atoms with van der Waals surface area (Å²) in [6.07, 6.45) is 7.59. The minimum Gasteiger partial charge on any atom is -0.478 e. The van der Waals surface area contributed by atoms with Crippen LogP contribution in [0.15, 0.2) is 48.6 Å². The molecule has 0 bridgehead atoms. The van der Waals surface area contributed by atoms with Crippen molar-refractivity contribution in [3.05, 3.63) is 54.1 Å². The van der Waals surface area contributed by atoms with Crippen LogP contribution in [-0.4, -0.2) is 106 Å². The van der Waals surface area contributed by atoms with Crippen LogP contribution in [-0.2, 0) is 24.0 Å². The highest BCUT2D eigenvalue weighted by Crippen LogP contribution is 2.34. The van der Waals surface area contributed by atoms with Crippen LogP contribution in [0.2, 0.25) is 0 Å². The summed E-state index contributed by atoms with van der Waals surface area (Å²) in [5.74, 6) is -4.08. The van der Waals surface area contributed by atoms with Crippen molar-refractivity contribution >= 4 is 35.5 Å². The monoisotopic (exact) mass is 561 g/mol. The van der Waals surface area contributed by atoms with Gasteiger partial charge in [0.15, 0.2) is 0 Å². The van der Waals surface area contributed by atoms with Gasteiger partial charge in [-0.25, -0.2) is 19.2 Å². The summed E-state index contributed by atoms with van der Waals surface area (Å²) >= 11 is 0. The molecule has 1 aliphatic carbocycles. The number of carboxylic acid groups (broad SMARTS) is 4. The first kappa shape index (κ1) is 34.0. The number of amides is 1. The molecule has 1 aliphatic heterocycles. The number of nitrogens with zero attached hydrogens (tertiary/aromatic N) is 3. The van der Waals surface area contributed by atoms with Gasteiger partial charge >= 0.3 is 23.9 Å². The minimum absolute atomic E-state index is 0.218. The lowest BCUT2D eigenvalue weighted by molar-refractivity contribution is -0.134. The third kappa shape index (κ3) is 14.2. The van der Waals surface area contributed by atoms with Gasteiger partial charge in [0.1, 0.15) is 0 Å². The Balaban J connectivity index is 0.000000412. The van der Waals surface area contributed by atoms with Crippen molar-refractivity contribution in [1.82, 2.24) is 9.80 Å². The first-order chi connectivity index (χ1) is 18.9. The van der Waals surface area contributed by atoms with E-state index in [1.54, 1.807) is 0 Å². The Hall–Kier alpha value is -4.03. The third-order valence-electron chi connectivity index (χ3n) is 6.34. The van der Waals surface area contributed by atoms with Crippen molar-refractivity contribution in [2.45, 2.75) is 38.5 Å². The second-order valence-corrected chi connectivity index (χ2v) is 9.31. The smallest absolute Gasteiger partial charge is 0.328 e. The van der Waals surface area contributed by atoms with Gasteiger partial charge in [0.25, 0.3) is 0 Å². The van der Waals surface area contributed by atoms with E-state index in [0.29, 0.717) is 30.8 Å². The molecular formula is C28H39N3O9. The van der Waals surface area contributed by atoms with Gasteiger partial charge in [-0.15, -0.1) is 0 Å². The van der Waals surface area contributed by atoms with E-state index in [4.69, 9.17) is 20.4 Å². The molecule has 220 valence electrons. The van der Waals surface area contributed by atoms with E-state index >= 15 is 0 Å². The molecule has 3 rings (SSSR count). The average Bonchev–Trinajstić information content (AvgIpc) is 3.44. The Morgan fingerprint density at radius 3 is 1.57 bits per heavy atom. The van der Waals surface area contributed by atoms with Gasteiger partial charge in [-0.2, -0.15) is 0 Å². The van der Waals surface area contributed by atoms with Crippen LogP contribution in [0.3, 0.4) is 0 Å². The number of hydrogen-bond acceptors (Lipinski definition) is 7. The molecule has 1 saturated heterocycles. The quantitative estimate of drug-likeness (QED) is 0.326. The highest BCUT2D eigenvalue weighted by atomic mass is 16.4. The molecule has 2 aliphatic rings. The fraction of sp³-hybridized carbons (Fsp3) is 0.464.